The number of hydrogen-bond donors (Lipinski definition) is 3. The van der Waals surface area contributed by atoms with Crippen LogP contribution in [0.25, 0.3) is 0 Å². The molecule has 0 saturated heterocycles. The summed E-state index contributed by atoms with van der Waals surface area (Å²) in [4.78, 5) is 7.47. The van der Waals surface area contributed by atoms with Crippen LogP contribution in [0.5, 0.6) is 0 Å². The van der Waals surface area contributed by atoms with Gasteiger partial charge >= 0.3 is 0 Å². The Morgan fingerprint density at radius 2 is 2.44 bits per heavy atom. The normalized spacial score (nSPS) is 16.7. The van der Waals surface area contributed by atoms with Crippen molar-refractivity contribution in [3.05, 3.63) is 23.8 Å². The number of aromatic amines is 1. The van der Waals surface area contributed by atoms with Crippen molar-refractivity contribution in [1.29, 1.82) is 0 Å². The number of aromatic nitrogens is 3. The fourth-order valence-electron chi connectivity index (χ4n) is 2.17. The Labute approximate surface area is 110 Å². The molecule has 1 aliphatic rings. The number of nitrogen functional groups attached to an aromatic ring is 1. The molecule has 2 heterocycles. The van der Waals surface area contributed by atoms with Crippen LogP contribution in [0.4, 0.5) is 10.8 Å². The van der Waals surface area contributed by atoms with Crippen LogP contribution in [0, 0.1) is 0 Å². The summed E-state index contributed by atoms with van der Waals surface area (Å²) in [6, 6.07) is 0.192. The second-order valence-corrected chi connectivity index (χ2v) is 5.44. The van der Waals surface area contributed by atoms with Crippen LogP contribution < -0.4 is 11.1 Å². The Bertz CT molecular complexity index is 515. The first-order valence-electron chi connectivity index (χ1n) is 6.30. The third-order valence-corrected chi connectivity index (χ3v) is 4.11. The lowest BCUT2D eigenvalue weighted by atomic mass is 10.1. The first kappa shape index (κ1) is 11.5. The van der Waals surface area contributed by atoms with Crippen molar-refractivity contribution in [2.45, 2.75) is 38.1 Å². The van der Waals surface area contributed by atoms with Gasteiger partial charge in [0.05, 0.1) is 6.04 Å². The molecule has 18 heavy (non-hydrogen) atoms. The molecule has 1 unspecified atom stereocenters. The molecule has 0 aliphatic heterocycles. The van der Waals surface area contributed by atoms with E-state index in [1.54, 1.807) is 6.20 Å². The van der Waals surface area contributed by atoms with Crippen LogP contribution in [0.1, 0.15) is 49.5 Å². The zero-order valence-electron chi connectivity index (χ0n) is 10.3. The molecule has 1 aliphatic carbocycles. The van der Waals surface area contributed by atoms with E-state index < -0.39 is 0 Å². The molecule has 0 spiro atoms. The molecule has 3 rings (SSSR count). The van der Waals surface area contributed by atoms with E-state index in [4.69, 9.17) is 5.73 Å². The average Bonchev–Trinajstić information content (AvgIpc) is 2.92. The van der Waals surface area contributed by atoms with Gasteiger partial charge in [0, 0.05) is 18.0 Å². The van der Waals surface area contributed by atoms with Gasteiger partial charge in [0.1, 0.15) is 16.6 Å². The summed E-state index contributed by atoms with van der Waals surface area (Å²) in [5, 5.41) is 4.63. The minimum atomic E-state index is 0.192. The predicted octanol–water partition coefficient (Wildman–Crippen LogP) is 2.89. The summed E-state index contributed by atoms with van der Waals surface area (Å²) in [5.41, 5.74) is 7.17. The molecule has 1 atom stereocenters. The molecular weight excluding hydrogens is 246 g/mol. The number of rotatable bonds is 5. The van der Waals surface area contributed by atoms with Gasteiger partial charge in [-0.25, -0.2) is 4.98 Å². The third-order valence-electron chi connectivity index (χ3n) is 3.30. The second kappa shape index (κ2) is 4.61. The predicted molar refractivity (Wildman–Crippen MR) is 73.7 cm³/mol. The molecule has 2 aromatic rings. The highest BCUT2D eigenvalue weighted by Crippen LogP contribution is 2.48. The number of nitrogens with one attached hydrogen (secondary N) is 2. The van der Waals surface area contributed by atoms with E-state index in [9.17, 15) is 0 Å². The number of nitrogens with zero attached hydrogens (tertiary/aromatic N) is 2. The van der Waals surface area contributed by atoms with Crippen LogP contribution in [0.2, 0.25) is 0 Å². The molecule has 0 radical (unpaired) electrons. The van der Waals surface area contributed by atoms with Gasteiger partial charge in [0.2, 0.25) is 0 Å². The van der Waals surface area contributed by atoms with Gasteiger partial charge < -0.3 is 16.0 Å². The molecule has 0 bridgehead atoms. The Hall–Kier alpha value is -1.56. The van der Waals surface area contributed by atoms with Crippen molar-refractivity contribution in [1.82, 2.24) is 14.3 Å². The molecule has 6 heteroatoms. The van der Waals surface area contributed by atoms with Crippen molar-refractivity contribution < 1.29 is 0 Å². The van der Waals surface area contributed by atoms with E-state index in [1.165, 1.54) is 29.9 Å². The molecule has 2 aromatic heterocycles. The summed E-state index contributed by atoms with van der Waals surface area (Å²) >= 11 is 1.46. The molecule has 0 amide bonds. The van der Waals surface area contributed by atoms with Crippen molar-refractivity contribution in [2.24, 2.45) is 0 Å². The molecule has 1 saturated carbocycles. The molecule has 4 N–H and O–H groups in total. The van der Waals surface area contributed by atoms with Gasteiger partial charge in [0.25, 0.3) is 0 Å². The minimum absolute atomic E-state index is 0.192. The number of hydrogen-bond acceptors (Lipinski definition) is 5. The number of H-pyrrole nitrogens is 1. The Balaban J connectivity index is 1.83. The quantitative estimate of drug-likeness (QED) is 0.775. The van der Waals surface area contributed by atoms with E-state index in [1.807, 2.05) is 6.20 Å². The number of anilines is 2. The first-order valence-corrected chi connectivity index (χ1v) is 7.07. The van der Waals surface area contributed by atoms with Crippen LogP contribution in [0.3, 0.4) is 0 Å². The topological polar surface area (TPSA) is 79.6 Å². The first-order chi connectivity index (χ1) is 8.79. The van der Waals surface area contributed by atoms with E-state index in [0.717, 1.165) is 17.2 Å². The van der Waals surface area contributed by atoms with Crippen molar-refractivity contribution >= 4 is 22.4 Å². The van der Waals surface area contributed by atoms with Crippen LogP contribution >= 0.6 is 11.5 Å². The highest BCUT2D eigenvalue weighted by atomic mass is 32.1. The van der Waals surface area contributed by atoms with Gasteiger partial charge in [-0.05, 0) is 36.7 Å². The van der Waals surface area contributed by atoms with E-state index in [0.29, 0.717) is 11.7 Å². The second-order valence-electron chi connectivity index (χ2n) is 4.66. The summed E-state index contributed by atoms with van der Waals surface area (Å²) in [7, 11) is 0. The minimum Gasteiger partial charge on any atom is -0.383 e. The third kappa shape index (κ3) is 2.08. The van der Waals surface area contributed by atoms with E-state index in [2.05, 4.69) is 26.6 Å². The highest BCUT2D eigenvalue weighted by Gasteiger charge is 2.31. The Morgan fingerprint density at radius 3 is 3.06 bits per heavy atom. The number of nitrogens with two attached hydrogens (primary N) is 1. The number of imidazole rings is 1. The van der Waals surface area contributed by atoms with Gasteiger partial charge in [0.15, 0.2) is 0 Å². The Morgan fingerprint density at radius 1 is 1.61 bits per heavy atom. The van der Waals surface area contributed by atoms with Crippen LogP contribution in [-0.4, -0.2) is 14.3 Å². The average molecular weight is 263 g/mol. The lowest BCUT2D eigenvalue weighted by Gasteiger charge is -2.15. The lowest BCUT2D eigenvalue weighted by Crippen LogP contribution is -2.11. The zero-order chi connectivity index (χ0) is 12.5. The summed E-state index contributed by atoms with van der Waals surface area (Å²) in [5.74, 6) is 2.27. The fraction of sp³-hybridized carbons (Fsp3) is 0.500. The van der Waals surface area contributed by atoms with Crippen molar-refractivity contribution in [3.8, 4) is 0 Å². The largest absolute Gasteiger partial charge is 0.383 e. The molecular formula is C12H17N5S. The molecule has 96 valence electrons. The van der Waals surface area contributed by atoms with Crippen molar-refractivity contribution in [2.75, 3.05) is 11.1 Å². The van der Waals surface area contributed by atoms with Crippen molar-refractivity contribution in [3.63, 3.8) is 0 Å². The maximum Gasteiger partial charge on any atom is 0.142 e. The van der Waals surface area contributed by atoms with Crippen LogP contribution in [0.15, 0.2) is 12.4 Å². The smallest absolute Gasteiger partial charge is 0.142 e. The monoisotopic (exact) mass is 263 g/mol. The molecule has 0 aromatic carbocycles. The lowest BCUT2D eigenvalue weighted by molar-refractivity contribution is 0.705. The maximum atomic E-state index is 5.95. The summed E-state index contributed by atoms with van der Waals surface area (Å²) in [6.07, 6.45) is 7.06. The Kier molecular flexibility index (Phi) is 2.95. The SMILES string of the molecule is CCC(Nc1snc(N)c1C1CC1)c1ncc[nH]1. The highest BCUT2D eigenvalue weighted by molar-refractivity contribution is 7.10. The zero-order valence-corrected chi connectivity index (χ0v) is 11.1. The van der Waals surface area contributed by atoms with E-state index in [-0.39, 0.29) is 6.04 Å². The maximum absolute atomic E-state index is 5.95. The van der Waals surface area contributed by atoms with Gasteiger partial charge in [-0.3, -0.25) is 0 Å². The summed E-state index contributed by atoms with van der Waals surface area (Å²) in [6.45, 7) is 2.14. The summed E-state index contributed by atoms with van der Waals surface area (Å²) < 4.78 is 4.27. The van der Waals surface area contributed by atoms with Gasteiger partial charge in [-0.15, -0.1) is 0 Å². The van der Waals surface area contributed by atoms with Gasteiger partial charge in [-0.2, -0.15) is 4.37 Å². The van der Waals surface area contributed by atoms with Gasteiger partial charge in [-0.1, -0.05) is 6.92 Å². The molecule has 1 fully saturated rings. The van der Waals surface area contributed by atoms with Crippen LogP contribution in [-0.2, 0) is 0 Å². The fourth-order valence-corrected chi connectivity index (χ4v) is 3.02. The molecule has 5 nitrogen and oxygen atoms in total. The standard InChI is InChI=1S/C12H17N5S/c1-2-8(11-14-5-6-15-11)16-12-9(7-3-4-7)10(13)17-18-12/h5-8,16H,2-4H2,1H3,(H2,13,17)(H,14,15). The van der Waals surface area contributed by atoms with E-state index >= 15 is 0 Å².